The van der Waals surface area contributed by atoms with Gasteiger partial charge in [0.25, 0.3) is 0 Å². The second kappa shape index (κ2) is 2.91. The summed E-state index contributed by atoms with van der Waals surface area (Å²) in [6.45, 7) is 0. The van der Waals surface area contributed by atoms with Crippen molar-refractivity contribution in [1.29, 1.82) is 0 Å². The van der Waals surface area contributed by atoms with Crippen molar-refractivity contribution < 1.29 is 0 Å². The van der Waals surface area contributed by atoms with Gasteiger partial charge in [-0.3, -0.25) is 5.10 Å². The van der Waals surface area contributed by atoms with E-state index in [1.807, 2.05) is 12.4 Å². The van der Waals surface area contributed by atoms with Crippen molar-refractivity contribution in [1.82, 2.24) is 10.2 Å². The van der Waals surface area contributed by atoms with Gasteiger partial charge < -0.3 is 0 Å². The van der Waals surface area contributed by atoms with Crippen LogP contribution in [0.4, 0.5) is 0 Å². The van der Waals surface area contributed by atoms with E-state index in [-0.39, 0.29) is 0 Å². The second-order valence-corrected chi connectivity index (χ2v) is 3.01. The van der Waals surface area contributed by atoms with Crippen molar-refractivity contribution in [2.75, 3.05) is 0 Å². The van der Waals surface area contributed by atoms with Crippen LogP contribution >= 0.6 is 0 Å². The zero-order valence-corrected chi connectivity index (χ0v) is 6.46. The van der Waals surface area contributed by atoms with E-state index in [9.17, 15) is 0 Å². The van der Waals surface area contributed by atoms with Gasteiger partial charge >= 0.3 is 0 Å². The number of hydrogen-bond acceptors (Lipinski definition) is 1. The predicted octanol–water partition coefficient (Wildman–Crippen LogP) is 2.23. The highest BCUT2D eigenvalue weighted by Crippen LogP contribution is 2.27. The topological polar surface area (TPSA) is 28.7 Å². The molecule has 0 amide bonds. The number of hydrogen-bond donors (Lipinski definition) is 1. The fraction of sp³-hybridized carbons (Fsp3) is 0.444. The third-order valence-corrected chi connectivity index (χ3v) is 2.26. The molecule has 1 N–H and O–H groups in total. The first-order valence-corrected chi connectivity index (χ1v) is 4.10. The maximum absolute atomic E-state index is 3.95. The molecule has 2 heteroatoms. The fourth-order valence-corrected chi connectivity index (χ4v) is 1.58. The van der Waals surface area contributed by atoms with Crippen molar-refractivity contribution in [3.05, 3.63) is 30.1 Å². The number of aromatic amines is 1. The molecule has 2 rings (SSSR count). The first-order chi connectivity index (χ1) is 5.47. The zero-order chi connectivity index (χ0) is 7.52. The lowest BCUT2D eigenvalue weighted by atomic mass is 9.90. The van der Waals surface area contributed by atoms with Crippen LogP contribution in [-0.4, -0.2) is 10.2 Å². The van der Waals surface area contributed by atoms with E-state index in [4.69, 9.17) is 0 Å². The molecule has 1 heterocycles. The number of H-pyrrole nitrogens is 1. The van der Waals surface area contributed by atoms with Crippen LogP contribution in [0.15, 0.2) is 24.5 Å². The third kappa shape index (κ3) is 1.34. The molecule has 1 aromatic rings. The average Bonchev–Trinajstić information content (AvgIpc) is 2.58. The van der Waals surface area contributed by atoms with Crippen LogP contribution in [0, 0.1) is 0 Å². The van der Waals surface area contributed by atoms with E-state index in [1.165, 1.54) is 24.8 Å². The molecule has 58 valence electrons. The van der Waals surface area contributed by atoms with E-state index in [1.54, 1.807) is 0 Å². The highest BCUT2D eigenvalue weighted by atomic mass is 15.1. The van der Waals surface area contributed by atoms with Gasteiger partial charge in [-0.05, 0) is 30.7 Å². The molecule has 2 nitrogen and oxygen atoms in total. The quantitative estimate of drug-likeness (QED) is 0.608. The van der Waals surface area contributed by atoms with Gasteiger partial charge in [0.2, 0.25) is 0 Å². The van der Waals surface area contributed by atoms with Gasteiger partial charge in [0.05, 0.1) is 6.20 Å². The third-order valence-electron chi connectivity index (χ3n) is 2.26. The fourth-order valence-electron chi connectivity index (χ4n) is 1.58. The van der Waals surface area contributed by atoms with Gasteiger partial charge in [-0.1, -0.05) is 12.2 Å². The average molecular weight is 148 g/mol. The summed E-state index contributed by atoms with van der Waals surface area (Å²) < 4.78 is 0. The largest absolute Gasteiger partial charge is 0.285 e. The Labute approximate surface area is 66.3 Å². The molecule has 0 aromatic carbocycles. The number of aromatic nitrogens is 2. The molecule has 0 fully saturated rings. The van der Waals surface area contributed by atoms with Crippen molar-refractivity contribution in [3.8, 4) is 0 Å². The molecule has 11 heavy (non-hydrogen) atoms. The molecule has 1 atom stereocenters. The lowest BCUT2D eigenvalue weighted by Gasteiger charge is -2.14. The highest BCUT2D eigenvalue weighted by molar-refractivity contribution is 5.14. The van der Waals surface area contributed by atoms with Crippen LogP contribution in [0.5, 0.6) is 0 Å². The van der Waals surface area contributed by atoms with Crippen molar-refractivity contribution in [2.24, 2.45) is 0 Å². The number of nitrogens with one attached hydrogen (secondary N) is 1. The lowest BCUT2D eigenvalue weighted by Crippen LogP contribution is -1.98. The molecule has 1 aliphatic carbocycles. The van der Waals surface area contributed by atoms with E-state index in [0.717, 1.165) is 0 Å². The molecular formula is C9H12N2. The van der Waals surface area contributed by atoms with Crippen molar-refractivity contribution >= 4 is 0 Å². The molecule has 1 unspecified atom stereocenters. The highest BCUT2D eigenvalue weighted by Gasteiger charge is 2.12. The summed E-state index contributed by atoms with van der Waals surface area (Å²) in [5.74, 6) is 0.707. The Kier molecular flexibility index (Phi) is 1.76. The van der Waals surface area contributed by atoms with Crippen LogP contribution in [0.25, 0.3) is 0 Å². The van der Waals surface area contributed by atoms with Crippen LogP contribution in [-0.2, 0) is 0 Å². The summed E-state index contributed by atoms with van der Waals surface area (Å²) in [6, 6.07) is 0. The van der Waals surface area contributed by atoms with Gasteiger partial charge in [-0.15, -0.1) is 0 Å². The van der Waals surface area contributed by atoms with Gasteiger partial charge in [0.1, 0.15) is 0 Å². The van der Waals surface area contributed by atoms with Crippen LogP contribution in [0.1, 0.15) is 30.7 Å². The second-order valence-electron chi connectivity index (χ2n) is 3.01. The minimum Gasteiger partial charge on any atom is -0.285 e. The SMILES string of the molecule is C1=CCC(c2cn[nH]c2)CC1. The molecule has 0 saturated heterocycles. The molecule has 0 spiro atoms. The predicted molar refractivity (Wildman–Crippen MR) is 44.3 cm³/mol. The molecule has 0 radical (unpaired) electrons. The Bertz CT molecular complexity index is 236. The smallest absolute Gasteiger partial charge is 0.0522 e. The van der Waals surface area contributed by atoms with Crippen LogP contribution in [0.3, 0.4) is 0 Å². The monoisotopic (exact) mass is 148 g/mol. The summed E-state index contributed by atoms with van der Waals surface area (Å²) in [6.07, 6.45) is 12.1. The Morgan fingerprint density at radius 2 is 2.45 bits per heavy atom. The standard InChI is InChI=1S/C9H12N2/c1-2-4-8(5-3-1)9-6-10-11-7-9/h1-2,6-8H,3-5H2,(H,10,11). The first kappa shape index (κ1) is 6.65. The van der Waals surface area contributed by atoms with Gasteiger partial charge in [0.15, 0.2) is 0 Å². The molecule has 0 saturated carbocycles. The number of allylic oxidation sites excluding steroid dienone is 2. The summed E-state index contributed by atoms with van der Waals surface area (Å²) >= 11 is 0. The van der Waals surface area contributed by atoms with Crippen molar-refractivity contribution in [2.45, 2.75) is 25.2 Å². The van der Waals surface area contributed by atoms with Gasteiger partial charge in [-0.2, -0.15) is 5.10 Å². The first-order valence-electron chi connectivity index (χ1n) is 4.10. The minimum atomic E-state index is 0.707. The maximum atomic E-state index is 3.95. The molecule has 0 bridgehead atoms. The van der Waals surface area contributed by atoms with Gasteiger partial charge in [-0.25, -0.2) is 0 Å². The summed E-state index contributed by atoms with van der Waals surface area (Å²) in [5.41, 5.74) is 1.36. The van der Waals surface area contributed by atoms with E-state index in [0.29, 0.717) is 5.92 Å². The Hall–Kier alpha value is -1.05. The number of nitrogens with zero attached hydrogens (tertiary/aromatic N) is 1. The Balaban J connectivity index is 2.11. The molecular weight excluding hydrogens is 136 g/mol. The normalized spacial score (nSPS) is 23.8. The Morgan fingerprint density at radius 1 is 1.45 bits per heavy atom. The molecule has 1 aromatic heterocycles. The maximum Gasteiger partial charge on any atom is 0.0522 e. The van der Waals surface area contributed by atoms with Gasteiger partial charge in [0, 0.05) is 6.20 Å². The van der Waals surface area contributed by atoms with Crippen LogP contribution < -0.4 is 0 Å². The summed E-state index contributed by atoms with van der Waals surface area (Å²) in [4.78, 5) is 0. The van der Waals surface area contributed by atoms with Crippen LogP contribution in [0.2, 0.25) is 0 Å². The lowest BCUT2D eigenvalue weighted by molar-refractivity contribution is 0.617. The minimum absolute atomic E-state index is 0.707. The number of rotatable bonds is 1. The molecule has 0 aliphatic heterocycles. The zero-order valence-electron chi connectivity index (χ0n) is 6.46. The molecule has 1 aliphatic rings. The van der Waals surface area contributed by atoms with E-state index < -0.39 is 0 Å². The summed E-state index contributed by atoms with van der Waals surface area (Å²) in [7, 11) is 0. The van der Waals surface area contributed by atoms with Crippen molar-refractivity contribution in [3.63, 3.8) is 0 Å². The van der Waals surface area contributed by atoms with E-state index >= 15 is 0 Å². The Morgan fingerprint density at radius 3 is 3.09 bits per heavy atom. The summed E-state index contributed by atoms with van der Waals surface area (Å²) in [5, 5.41) is 6.80. The van der Waals surface area contributed by atoms with E-state index in [2.05, 4.69) is 22.3 Å².